The number of allylic oxidation sites excluding steroid dienone is 1. The fourth-order valence-electron chi connectivity index (χ4n) is 1.95. The van der Waals surface area contributed by atoms with Gasteiger partial charge in [-0.25, -0.2) is 9.97 Å². The normalized spacial score (nSPS) is 10.9. The third-order valence-electron chi connectivity index (χ3n) is 2.78. The van der Waals surface area contributed by atoms with Gasteiger partial charge in [-0.3, -0.25) is 4.79 Å². The Labute approximate surface area is 103 Å². The molecule has 3 rings (SSSR count). The van der Waals surface area contributed by atoms with Crippen LogP contribution in [0.3, 0.4) is 0 Å². The second kappa shape index (κ2) is 4.07. The number of hydrogen-bond acceptors (Lipinski definition) is 3. The third kappa shape index (κ3) is 1.68. The van der Waals surface area contributed by atoms with Crippen LogP contribution in [-0.2, 0) is 6.42 Å². The minimum Gasteiger partial charge on any atom is -0.310 e. The lowest BCUT2D eigenvalue weighted by molar-refractivity contribution is 0.988. The molecule has 4 nitrogen and oxygen atoms in total. The summed E-state index contributed by atoms with van der Waals surface area (Å²) in [5.41, 5.74) is 1.16. The van der Waals surface area contributed by atoms with Crippen molar-refractivity contribution in [3.8, 4) is 0 Å². The van der Waals surface area contributed by atoms with Crippen molar-refractivity contribution < 1.29 is 0 Å². The first-order valence-corrected chi connectivity index (χ1v) is 5.67. The van der Waals surface area contributed by atoms with Gasteiger partial charge in [0.05, 0.1) is 10.9 Å². The SMILES string of the molecule is C=CCc1nc2nc3ccccc3cc2c(=O)[nH]1. The third-order valence-corrected chi connectivity index (χ3v) is 2.78. The Kier molecular flexibility index (Phi) is 2.41. The first kappa shape index (κ1) is 10.7. The van der Waals surface area contributed by atoms with E-state index in [0.29, 0.717) is 23.3 Å². The van der Waals surface area contributed by atoms with Gasteiger partial charge in [-0.05, 0) is 12.1 Å². The lowest BCUT2D eigenvalue weighted by atomic mass is 10.2. The molecule has 0 spiro atoms. The Bertz CT molecular complexity index is 805. The number of hydrogen-bond donors (Lipinski definition) is 1. The van der Waals surface area contributed by atoms with Crippen LogP contribution in [0.5, 0.6) is 0 Å². The molecule has 0 radical (unpaired) electrons. The molecule has 0 amide bonds. The molecular formula is C14H11N3O. The largest absolute Gasteiger partial charge is 0.310 e. The van der Waals surface area contributed by atoms with Crippen molar-refractivity contribution in [1.29, 1.82) is 0 Å². The summed E-state index contributed by atoms with van der Waals surface area (Å²) < 4.78 is 0. The van der Waals surface area contributed by atoms with E-state index in [1.807, 2.05) is 30.3 Å². The summed E-state index contributed by atoms with van der Waals surface area (Å²) in [5.74, 6) is 0.588. The van der Waals surface area contributed by atoms with Crippen LogP contribution in [0.1, 0.15) is 5.82 Å². The number of nitrogens with one attached hydrogen (secondary N) is 1. The standard InChI is InChI=1S/C14H11N3O/c1-2-5-12-16-13-10(14(18)17-12)8-9-6-3-4-7-11(9)15-13/h2-4,6-8H,1,5H2,(H,15,16,17,18). The van der Waals surface area contributed by atoms with Crippen LogP contribution in [0, 0.1) is 0 Å². The maximum Gasteiger partial charge on any atom is 0.260 e. The van der Waals surface area contributed by atoms with E-state index in [0.717, 1.165) is 10.9 Å². The maximum absolute atomic E-state index is 11.9. The van der Waals surface area contributed by atoms with Gasteiger partial charge >= 0.3 is 0 Å². The van der Waals surface area contributed by atoms with E-state index in [1.165, 1.54) is 0 Å². The summed E-state index contributed by atoms with van der Waals surface area (Å²) in [7, 11) is 0. The smallest absolute Gasteiger partial charge is 0.260 e. The number of pyridine rings is 1. The summed E-state index contributed by atoms with van der Waals surface area (Å²) in [6, 6.07) is 9.49. The number of nitrogens with zero attached hydrogens (tertiary/aromatic N) is 2. The van der Waals surface area contributed by atoms with Gasteiger partial charge < -0.3 is 4.98 Å². The molecule has 0 saturated carbocycles. The summed E-state index contributed by atoms with van der Waals surface area (Å²) in [6.07, 6.45) is 2.23. The highest BCUT2D eigenvalue weighted by Crippen LogP contribution is 2.15. The number of aromatic nitrogens is 3. The Hall–Kier alpha value is -2.49. The molecule has 0 aliphatic carbocycles. The quantitative estimate of drug-likeness (QED) is 0.549. The average molecular weight is 237 g/mol. The van der Waals surface area contributed by atoms with Crippen LogP contribution in [0.25, 0.3) is 21.9 Å². The molecule has 4 heteroatoms. The van der Waals surface area contributed by atoms with Gasteiger partial charge in [0.25, 0.3) is 5.56 Å². The van der Waals surface area contributed by atoms with E-state index in [9.17, 15) is 4.79 Å². The summed E-state index contributed by atoms with van der Waals surface area (Å²) in [5, 5.41) is 1.45. The number of rotatable bonds is 2. The van der Waals surface area contributed by atoms with Crippen LogP contribution in [0.4, 0.5) is 0 Å². The Morgan fingerprint density at radius 2 is 2.11 bits per heavy atom. The van der Waals surface area contributed by atoms with E-state index in [4.69, 9.17) is 0 Å². The number of H-pyrrole nitrogens is 1. The van der Waals surface area contributed by atoms with Gasteiger partial charge in [-0.1, -0.05) is 24.3 Å². The highest BCUT2D eigenvalue weighted by Gasteiger charge is 2.06. The van der Waals surface area contributed by atoms with Crippen LogP contribution in [0.2, 0.25) is 0 Å². The van der Waals surface area contributed by atoms with Crippen molar-refractivity contribution in [2.75, 3.05) is 0 Å². The lowest BCUT2D eigenvalue weighted by Crippen LogP contribution is -2.12. The van der Waals surface area contributed by atoms with Crippen LogP contribution < -0.4 is 5.56 Å². The predicted molar refractivity (Wildman–Crippen MR) is 71.6 cm³/mol. The van der Waals surface area contributed by atoms with Crippen molar-refractivity contribution in [2.24, 2.45) is 0 Å². The molecule has 0 aliphatic rings. The van der Waals surface area contributed by atoms with E-state index in [1.54, 1.807) is 6.08 Å². The molecule has 1 N–H and O–H groups in total. The van der Waals surface area contributed by atoms with Gasteiger partial charge in [0, 0.05) is 11.8 Å². The Morgan fingerprint density at radius 3 is 2.94 bits per heavy atom. The lowest BCUT2D eigenvalue weighted by Gasteiger charge is -2.02. The fourth-order valence-corrected chi connectivity index (χ4v) is 1.95. The first-order chi connectivity index (χ1) is 8.78. The zero-order valence-electron chi connectivity index (χ0n) is 9.68. The van der Waals surface area contributed by atoms with Crippen LogP contribution >= 0.6 is 0 Å². The molecule has 2 aromatic heterocycles. The Balaban J connectivity index is 2.39. The van der Waals surface area contributed by atoms with Crippen molar-refractivity contribution in [3.63, 3.8) is 0 Å². The average Bonchev–Trinajstić information content (AvgIpc) is 2.37. The molecule has 88 valence electrons. The molecule has 2 heterocycles. The second-order valence-corrected chi connectivity index (χ2v) is 4.06. The van der Waals surface area contributed by atoms with Gasteiger partial charge in [0.2, 0.25) is 0 Å². The van der Waals surface area contributed by atoms with Crippen molar-refractivity contribution in [3.05, 3.63) is 59.2 Å². The van der Waals surface area contributed by atoms with Crippen molar-refractivity contribution >= 4 is 21.9 Å². The molecule has 18 heavy (non-hydrogen) atoms. The number of aromatic amines is 1. The fraction of sp³-hybridized carbons (Fsp3) is 0.0714. The second-order valence-electron chi connectivity index (χ2n) is 4.06. The molecular weight excluding hydrogens is 226 g/mol. The molecule has 0 unspecified atom stereocenters. The molecule has 0 saturated heterocycles. The minimum absolute atomic E-state index is 0.157. The maximum atomic E-state index is 11.9. The van der Waals surface area contributed by atoms with Gasteiger partial charge in [0.15, 0.2) is 5.65 Å². The molecule has 0 aliphatic heterocycles. The molecule has 3 aromatic rings. The first-order valence-electron chi connectivity index (χ1n) is 5.67. The number of benzene rings is 1. The van der Waals surface area contributed by atoms with Gasteiger partial charge in [-0.15, -0.1) is 6.58 Å². The van der Waals surface area contributed by atoms with Gasteiger partial charge in [0.1, 0.15) is 5.82 Å². The monoisotopic (exact) mass is 237 g/mol. The van der Waals surface area contributed by atoms with Crippen molar-refractivity contribution in [2.45, 2.75) is 6.42 Å². The molecule has 1 aromatic carbocycles. The minimum atomic E-state index is -0.157. The topological polar surface area (TPSA) is 58.6 Å². The van der Waals surface area contributed by atoms with Crippen LogP contribution in [-0.4, -0.2) is 15.0 Å². The predicted octanol–water partition coefficient (Wildman–Crippen LogP) is 2.20. The van der Waals surface area contributed by atoms with Crippen molar-refractivity contribution in [1.82, 2.24) is 15.0 Å². The number of para-hydroxylation sites is 1. The summed E-state index contributed by atoms with van der Waals surface area (Å²) >= 11 is 0. The van der Waals surface area contributed by atoms with E-state index in [-0.39, 0.29) is 5.56 Å². The van der Waals surface area contributed by atoms with E-state index < -0.39 is 0 Å². The van der Waals surface area contributed by atoms with E-state index in [2.05, 4.69) is 21.5 Å². The Morgan fingerprint density at radius 1 is 1.28 bits per heavy atom. The van der Waals surface area contributed by atoms with Crippen LogP contribution in [0.15, 0.2) is 47.8 Å². The zero-order valence-corrected chi connectivity index (χ0v) is 9.68. The van der Waals surface area contributed by atoms with E-state index >= 15 is 0 Å². The molecule has 0 fully saturated rings. The highest BCUT2D eigenvalue weighted by molar-refractivity contribution is 5.90. The van der Waals surface area contributed by atoms with Gasteiger partial charge in [-0.2, -0.15) is 0 Å². The molecule has 0 bridgehead atoms. The number of fused-ring (bicyclic) bond motifs is 2. The summed E-state index contributed by atoms with van der Waals surface area (Å²) in [6.45, 7) is 3.63. The highest BCUT2D eigenvalue weighted by atomic mass is 16.1. The molecule has 0 atom stereocenters. The summed E-state index contributed by atoms with van der Waals surface area (Å²) in [4.78, 5) is 23.4. The zero-order chi connectivity index (χ0) is 12.5.